The van der Waals surface area contributed by atoms with E-state index in [2.05, 4.69) is 0 Å². The van der Waals surface area contributed by atoms with E-state index in [1.54, 1.807) is 13.8 Å². The molecule has 1 saturated heterocycles. The number of fused-ring (bicyclic) bond motifs is 1. The molecule has 1 fully saturated rings. The van der Waals surface area contributed by atoms with Crippen molar-refractivity contribution in [3.63, 3.8) is 0 Å². The molecule has 2 aliphatic rings. The van der Waals surface area contributed by atoms with Crippen LogP contribution in [0.25, 0.3) is 0 Å². The Morgan fingerprint density at radius 1 is 1.30 bits per heavy atom. The Morgan fingerprint density at radius 2 is 2.00 bits per heavy atom. The van der Waals surface area contributed by atoms with Crippen molar-refractivity contribution in [3.05, 3.63) is 11.6 Å². The molecule has 112 valence electrons. The zero-order chi connectivity index (χ0) is 14.5. The summed E-state index contributed by atoms with van der Waals surface area (Å²) in [5, 5.41) is 2.58. The maximum Gasteiger partial charge on any atom is 0.429 e. The van der Waals surface area contributed by atoms with E-state index in [0.29, 0.717) is 19.8 Å². The van der Waals surface area contributed by atoms with Gasteiger partial charge < -0.3 is 14.2 Å². The number of hydrogen-bond acceptors (Lipinski definition) is 5. The molecule has 1 atom stereocenters. The Bertz CT molecular complexity index is 410. The molecule has 2 aliphatic heterocycles. The van der Waals surface area contributed by atoms with Gasteiger partial charge in [-0.05, 0) is 25.8 Å². The second-order valence-electron chi connectivity index (χ2n) is 4.44. The zero-order valence-electron chi connectivity index (χ0n) is 11.8. The fraction of sp³-hybridized carbons (Fsp3) is 0.692. The van der Waals surface area contributed by atoms with Gasteiger partial charge in [-0.15, -0.1) is 0 Å². The largest absolute Gasteiger partial charge is 0.448 e. The molecule has 0 aromatic heterocycles. The van der Waals surface area contributed by atoms with Crippen molar-refractivity contribution in [1.82, 2.24) is 10.0 Å². The number of rotatable bonds is 2. The van der Waals surface area contributed by atoms with Crippen LogP contribution in [0, 0.1) is 0 Å². The summed E-state index contributed by atoms with van der Waals surface area (Å²) in [5.41, 5.74) is 1.10. The Morgan fingerprint density at radius 3 is 2.70 bits per heavy atom. The fourth-order valence-corrected chi connectivity index (χ4v) is 2.36. The molecule has 0 unspecified atom stereocenters. The molecule has 0 spiro atoms. The van der Waals surface area contributed by atoms with E-state index in [0.717, 1.165) is 12.0 Å². The van der Waals surface area contributed by atoms with E-state index in [1.165, 1.54) is 10.0 Å². The minimum Gasteiger partial charge on any atom is -0.448 e. The second-order valence-corrected chi connectivity index (χ2v) is 4.44. The molecular weight excluding hydrogens is 264 g/mol. The van der Waals surface area contributed by atoms with Crippen LogP contribution < -0.4 is 0 Å². The highest BCUT2D eigenvalue weighted by Crippen LogP contribution is 2.26. The molecule has 0 saturated carbocycles. The molecule has 0 aromatic carbocycles. The maximum atomic E-state index is 12.1. The summed E-state index contributed by atoms with van der Waals surface area (Å²) in [6.45, 7) is 5.26. The molecule has 20 heavy (non-hydrogen) atoms. The lowest BCUT2D eigenvalue weighted by Crippen LogP contribution is -2.60. The van der Waals surface area contributed by atoms with Gasteiger partial charge in [0, 0.05) is 0 Å². The molecule has 0 radical (unpaired) electrons. The summed E-state index contributed by atoms with van der Waals surface area (Å²) in [4.78, 5) is 24.1. The Hall–Kier alpha value is -1.76. The van der Waals surface area contributed by atoms with Crippen molar-refractivity contribution < 1.29 is 23.8 Å². The van der Waals surface area contributed by atoms with Gasteiger partial charge in [0.15, 0.2) is 0 Å². The molecule has 0 bridgehead atoms. The first-order chi connectivity index (χ1) is 9.69. The van der Waals surface area contributed by atoms with Gasteiger partial charge in [-0.3, -0.25) is 0 Å². The minimum absolute atomic E-state index is 0.249. The number of hydrazine groups is 1. The van der Waals surface area contributed by atoms with Crippen molar-refractivity contribution in [2.45, 2.75) is 26.3 Å². The highest BCUT2D eigenvalue weighted by atomic mass is 16.6. The normalized spacial score (nSPS) is 21.9. The number of hydrogen-bond donors (Lipinski definition) is 0. The summed E-state index contributed by atoms with van der Waals surface area (Å²) in [6, 6.07) is -0.291. The molecule has 7 heteroatoms. The van der Waals surface area contributed by atoms with Gasteiger partial charge in [-0.2, -0.15) is 0 Å². The van der Waals surface area contributed by atoms with E-state index in [-0.39, 0.29) is 19.3 Å². The highest BCUT2D eigenvalue weighted by Gasteiger charge is 2.40. The summed E-state index contributed by atoms with van der Waals surface area (Å²) in [5.74, 6) is 0. The fourth-order valence-electron chi connectivity index (χ4n) is 2.36. The van der Waals surface area contributed by atoms with E-state index >= 15 is 0 Å². The van der Waals surface area contributed by atoms with Crippen LogP contribution in [0.2, 0.25) is 0 Å². The van der Waals surface area contributed by atoms with Gasteiger partial charge in [-0.1, -0.05) is 6.08 Å². The standard InChI is InChI=1S/C13H20N2O5/c1-3-19-12(16)14-7-5-10-6-8-18-9-11(10)15(14)13(17)20-4-2/h5,11H,3-4,6-9H2,1-2H3/t11-/m1/s1. The van der Waals surface area contributed by atoms with Crippen LogP contribution in [0.1, 0.15) is 20.3 Å². The van der Waals surface area contributed by atoms with Gasteiger partial charge in [0.25, 0.3) is 0 Å². The predicted molar refractivity (Wildman–Crippen MR) is 69.9 cm³/mol. The average molecular weight is 284 g/mol. The highest BCUT2D eigenvalue weighted by molar-refractivity contribution is 5.75. The van der Waals surface area contributed by atoms with Gasteiger partial charge >= 0.3 is 12.2 Å². The number of ether oxygens (including phenoxy) is 3. The lowest BCUT2D eigenvalue weighted by Gasteiger charge is -2.43. The van der Waals surface area contributed by atoms with Crippen LogP contribution in [-0.2, 0) is 14.2 Å². The lowest BCUT2D eigenvalue weighted by molar-refractivity contribution is -0.0647. The van der Waals surface area contributed by atoms with E-state index in [9.17, 15) is 9.59 Å². The van der Waals surface area contributed by atoms with Gasteiger partial charge in [0.2, 0.25) is 0 Å². The minimum atomic E-state index is -0.554. The quantitative estimate of drug-likeness (QED) is 0.720. The van der Waals surface area contributed by atoms with Crippen molar-refractivity contribution in [2.75, 3.05) is 33.0 Å². The van der Waals surface area contributed by atoms with E-state index < -0.39 is 12.2 Å². The average Bonchev–Trinajstić information content (AvgIpc) is 2.46. The first-order valence-electron chi connectivity index (χ1n) is 6.85. The predicted octanol–water partition coefficient (Wildman–Crippen LogP) is 1.55. The third kappa shape index (κ3) is 2.87. The summed E-state index contributed by atoms with van der Waals surface area (Å²) >= 11 is 0. The first-order valence-corrected chi connectivity index (χ1v) is 6.85. The van der Waals surface area contributed by atoms with Crippen LogP contribution >= 0.6 is 0 Å². The third-order valence-corrected chi connectivity index (χ3v) is 3.25. The molecule has 7 nitrogen and oxygen atoms in total. The SMILES string of the molecule is CCOC(=O)N1CC=C2CCOC[C@H]2N1C(=O)OCC. The Labute approximate surface area is 118 Å². The lowest BCUT2D eigenvalue weighted by atomic mass is 10.00. The van der Waals surface area contributed by atoms with Crippen molar-refractivity contribution >= 4 is 12.2 Å². The monoisotopic (exact) mass is 284 g/mol. The van der Waals surface area contributed by atoms with Gasteiger partial charge in [0.1, 0.15) is 6.04 Å². The number of carbonyl (C=O) groups excluding carboxylic acids is 2. The van der Waals surface area contributed by atoms with Crippen molar-refractivity contribution in [2.24, 2.45) is 0 Å². The molecule has 2 amide bonds. The molecule has 2 rings (SSSR count). The molecule has 0 aromatic rings. The molecule has 0 N–H and O–H groups in total. The van der Waals surface area contributed by atoms with Crippen LogP contribution in [0.4, 0.5) is 9.59 Å². The molecule has 0 aliphatic carbocycles. The number of nitrogens with zero attached hydrogens (tertiary/aromatic N) is 2. The topological polar surface area (TPSA) is 68.3 Å². The van der Waals surface area contributed by atoms with Crippen LogP contribution in [0.3, 0.4) is 0 Å². The van der Waals surface area contributed by atoms with E-state index in [1.807, 2.05) is 6.08 Å². The second kappa shape index (κ2) is 6.60. The van der Waals surface area contributed by atoms with Crippen LogP contribution in [0.15, 0.2) is 11.6 Å². The third-order valence-electron chi connectivity index (χ3n) is 3.25. The Balaban J connectivity index is 2.23. The Kier molecular flexibility index (Phi) is 4.84. The van der Waals surface area contributed by atoms with Crippen molar-refractivity contribution in [3.8, 4) is 0 Å². The first kappa shape index (κ1) is 14.6. The van der Waals surface area contributed by atoms with Gasteiger partial charge in [0.05, 0.1) is 33.0 Å². The van der Waals surface area contributed by atoms with Gasteiger partial charge in [-0.25, -0.2) is 19.6 Å². The smallest absolute Gasteiger partial charge is 0.429 e. The molecule has 2 heterocycles. The molecular formula is C13H20N2O5. The summed E-state index contributed by atoms with van der Waals surface area (Å²) in [7, 11) is 0. The summed E-state index contributed by atoms with van der Waals surface area (Å²) in [6.07, 6.45) is 1.61. The van der Waals surface area contributed by atoms with E-state index in [4.69, 9.17) is 14.2 Å². The summed E-state index contributed by atoms with van der Waals surface area (Å²) < 4.78 is 15.4. The van der Waals surface area contributed by atoms with Crippen molar-refractivity contribution in [1.29, 1.82) is 0 Å². The zero-order valence-corrected chi connectivity index (χ0v) is 11.8. The number of amides is 2. The van der Waals surface area contributed by atoms with Crippen LogP contribution in [-0.4, -0.2) is 61.2 Å². The number of carbonyl (C=O) groups is 2. The maximum absolute atomic E-state index is 12.1. The van der Waals surface area contributed by atoms with Crippen LogP contribution in [0.5, 0.6) is 0 Å².